The Morgan fingerprint density at radius 2 is 1.90 bits per heavy atom. The fourth-order valence-corrected chi connectivity index (χ4v) is 1.56. The zero-order valence-corrected chi connectivity index (χ0v) is 11.1. The molecule has 2 rings (SSSR count). The molecule has 0 saturated carbocycles. The molecule has 0 amide bonds. The number of hydrogen-bond donors (Lipinski definition) is 1. The molecule has 6 heteroatoms. The number of nitriles is 1. The van der Waals surface area contributed by atoms with E-state index in [-0.39, 0.29) is 5.88 Å². The second-order valence-electron chi connectivity index (χ2n) is 3.83. The van der Waals surface area contributed by atoms with Gasteiger partial charge in [0.2, 0.25) is 11.8 Å². The van der Waals surface area contributed by atoms with Gasteiger partial charge in [-0.3, -0.25) is 0 Å². The van der Waals surface area contributed by atoms with Crippen molar-refractivity contribution in [3.8, 4) is 29.3 Å². The molecule has 0 saturated heterocycles. The fourth-order valence-electron chi connectivity index (χ4n) is 1.56. The van der Waals surface area contributed by atoms with Gasteiger partial charge in [0.15, 0.2) is 11.5 Å². The second-order valence-corrected chi connectivity index (χ2v) is 3.83. The van der Waals surface area contributed by atoms with Gasteiger partial charge in [-0.1, -0.05) is 0 Å². The van der Waals surface area contributed by atoms with Gasteiger partial charge in [0.25, 0.3) is 0 Å². The maximum Gasteiger partial charge on any atom is 0.246 e. The van der Waals surface area contributed by atoms with Crippen molar-refractivity contribution in [3.05, 3.63) is 35.9 Å². The normalized spacial score (nSPS) is 9.65. The maximum atomic E-state index is 8.86. The molecule has 0 unspecified atom stereocenters. The molecule has 0 bridgehead atoms. The first-order chi connectivity index (χ1) is 9.67. The van der Waals surface area contributed by atoms with Gasteiger partial charge < -0.3 is 19.9 Å². The smallest absolute Gasteiger partial charge is 0.246 e. The average Bonchev–Trinajstić information content (AvgIpc) is 2.49. The molecule has 20 heavy (non-hydrogen) atoms. The van der Waals surface area contributed by atoms with E-state index in [0.29, 0.717) is 28.6 Å². The minimum atomic E-state index is 0.215. The monoisotopic (exact) mass is 271 g/mol. The Morgan fingerprint density at radius 1 is 1.10 bits per heavy atom. The van der Waals surface area contributed by atoms with E-state index in [0.717, 1.165) is 0 Å². The van der Waals surface area contributed by atoms with Crippen molar-refractivity contribution in [2.24, 2.45) is 0 Å². The molecule has 0 aliphatic carbocycles. The molecule has 1 aromatic carbocycles. The van der Waals surface area contributed by atoms with Crippen LogP contribution >= 0.6 is 0 Å². The summed E-state index contributed by atoms with van der Waals surface area (Å²) in [4.78, 5) is 4.11. The van der Waals surface area contributed by atoms with Crippen LogP contribution in [0.25, 0.3) is 0 Å². The highest BCUT2D eigenvalue weighted by molar-refractivity contribution is 5.54. The van der Waals surface area contributed by atoms with Crippen LogP contribution in [0.2, 0.25) is 0 Å². The first-order valence-corrected chi connectivity index (χ1v) is 5.74. The van der Waals surface area contributed by atoms with Gasteiger partial charge in [0, 0.05) is 12.1 Å². The lowest BCUT2D eigenvalue weighted by Crippen LogP contribution is -1.98. The van der Waals surface area contributed by atoms with E-state index in [9.17, 15) is 0 Å². The van der Waals surface area contributed by atoms with Crippen LogP contribution in [0.3, 0.4) is 0 Å². The molecule has 0 aliphatic heterocycles. The number of methoxy groups -OCH3 is 2. The summed E-state index contributed by atoms with van der Waals surface area (Å²) in [5, 5.41) is 8.86. The number of anilines is 1. The number of hydrogen-bond acceptors (Lipinski definition) is 6. The van der Waals surface area contributed by atoms with Crippen LogP contribution in [0.4, 0.5) is 5.69 Å². The number of nitrogens with two attached hydrogens (primary N) is 1. The van der Waals surface area contributed by atoms with E-state index in [4.69, 9.17) is 25.2 Å². The average molecular weight is 271 g/mol. The quantitative estimate of drug-likeness (QED) is 0.917. The van der Waals surface area contributed by atoms with Crippen LogP contribution < -0.4 is 19.9 Å². The summed E-state index contributed by atoms with van der Waals surface area (Å²) >= 11 is 0. The Hall–Kier alpha value is -2.94. The molecule has 6 nitrogen and oxygen atoms in total. The first-order valence-electron chi connectivity index (χ1n) is 5.74. The van der Waals surface area contributed by atoms with Gasteiger partial charge in [-0.25, -0.2) is 0 Å². The van der Waals surface area contributed by atoms with Crippen LogP contribution in [0.5, 0.6) is 23.3 Å². The molecule has 0 aliphatic rings. The predicted molar refractivity (Wildman–Crippen MR) is 73.0 cm³/mol. The second kappa shape index (κ2) is 5.80. The molecule has 1 heterocycles. The number of nitrogens with zero attached hydrogens (tertiary/aromatic N) is 2. The number of pyridine rings is 1. The highest BCUT2D eigenvalue weighted by Crippen LogP contribution is 2.34. The zero-order valence-electron chi connectivity index (χ0n) is 11.1. The molecule has 0 radical (unpaired) electrons. The molecule has 102 valence electrons. The molecule has 0 spiro atoms. The molecule has 0 fully saturated rings. The van der Waals surface area contributed by atoms with Gasteiger partial charge in [-0.15, -0.1) is 0 Å². The van der Waals surface area contributed by atoms with E-state index in [2.05, 4.69) is 4.98 Å². The van der Waals surface area contributed by atoms with E-state index >= 15 is 0 Å². The Kier molecular flexibility index (Phi) is 3.91. The number of nitrogen functional groups attached to an aromatic ring is 1. The van der Waals surface area contributed by atoms with Gasteiger partial charge in [0.1, 0.15) is 0 Å². The lowest BCUT2D eigenvalue weighted by Gasteiger charge is -2.11. The lowest BCUT2D eigenvalue weighted by atomic mass is 10.2. The number of aromatic nitrogens is 1. The first kappa shape index (κ1) is 13.5. The third-order valence-electron chi connectivity index (χ3n) is 2.57. The summed E-state index contributed by atoms with van der Waals surface area (Å²) in [6.07, 6.45) is 0. The Bertz CT molecular complexity index is 665. The summed E-state index contributed by atoms with van der Waals surface area (Å²) in [6.45, 7) is 0. The summed E-state index contributed by atoms with van der Waals surface area (Å²) in [7, 11) is 3.00. The van der Waals surface area contributed by atoms with Gasteiger partial charge in [0.05, 0.1) is 31.5 Å². The Labute approximate surface area is 116 Å². The van der Waals surface area contributed by atoms with Gasteiger partial charge >= 0.3 is 0 Å². The van der Waals surface area contributed by atoms with E-state index in [1.54, 1.807) is 30.3 Å². The molecule has 0 atom stereocenters. The van der Waals surface area contributed by atoms with Crippen molar-refractivity contribution in [2.45, 2.75) is 0 Å². The number of ether oxygens (including phenoxy) is 3. The van der Waals surface area contributed by atoms with Crippen LogP contribution in [0.1, 0.15) is 5.56 Å². The predicted octanol–water partition coefficient (Wildman–Crippen LogP) is 2.34. The molecular formula is C14H13N3O3. The van der Waals surface area contributed by atoms with Crippen LogP contribution in [0.15, 0.2) is 30.3 Å². The molecular weight excluding hydrogens is 258 g/mol. The van der Waals surface area contributed by atoms with Crippen LogP contribution in [-0.4, -0.2) is 19.2 Å². The topological polar surface area (TPSA) is 90.4 Å². The van der Waals surface area contributed by atoms with Crippen molar-refractivity contribution in [2.75, 3.05) is 20.0 Å². The summed E-state index contributed by atoms with van der Waals surface area (Å²) in [5.74, 6) is 1.45. The third kappa shape index (κ3) is 2.72. The minimum Gasteiger partial charge on any atom is -0.493 e. The lowest BCUT2D eigenvalue weighted by molar-refractivity contribution is 0.363. The summed E-state index contributed by atoms with van der Waals surface area (Å²) in [6, 6.07) is 10.1. The highest BCUT2D eigenvalue weighted by Gasteiger charge is 2.11. The number of benzene rings is 1. The minimum absolute atomic E-state index is 0.215. The van der Waals surface area contributed by atoms with Gasteiger partial charge in [-0.05, 0) is 18.2 Å². The van der Waals surface area contributed by atoms with Crippen LogP contribution in [0, 0.1) is 11.3 Å². The maximum absolute atomic E-state index is 8.86. The van der Waals surface area contributed by atoms with Crippen molar-refractivity contribution in [3.63, 3.8) is 0 Å². The summed E-state index contributed by atoms with van der Waals surface area (Å²) in [5.41, 5.74) is 6.65. The Balaban J connectivity index is 2.37. The van der Waals surface area contributed by atoms with E-state index in [1.807, 2.05) is 6.07 Å². The molecule has 2 N–H and O–H groups in total. The van der Waals surface area contributed by atoms with Crippen LogP contribution in [-0.2, 0) is 0 Å². The highest BCUT2D eigenvalue weighted by atomic mass is 16.5. The molecule has 2 aromatic rings. The standard InChI is InChI=1S/C14H13N3O3/c1-18-12-7-9(8-15)3-5-11(12)20-14-10(16)4-6-13(17-14)19-2/h3-7H,16H2,1-2H3. The van der Waals surface area contributed by atoms with Crippen molar-refractivity contribution in [1.29, 1.82) is 5.26 Å². The Morgan fingerprint density at radius 3 is 2.55 bits per heavy atom. The third-order valence-corrected chi connectivity index (χ3v) is 2.57. The number of rotatable bonds is 4. The fraction of sp³-hybridized carbons (Fsp3) is 0.143. The van der Waals surface area contributed by atoms with Gasteiger partial charge in [-0.2, -0.15) is 10.2 Å². The zero-order chi connectivity index (χ0) is 14.5. The molecule has 1 aromatic heterocycles. The van der Waals surface area contributed by atoms with Crippen molar-refractivity contribution < 1.29 is 14.2 Å². The van der Waals surface area contributed by atoms with E-state index in [1.165, 1.54) is 14.2 Å². The van der Waals surface area contributed by atoms with Crippen molar-refractivity contribution >= 4 is 5.69 Å². The van der Waals surface area contributed by atoms with Crippen molar-refractivity contribution in [1.82, 2.24) is 4.98 Å². The summed E-state index contributed by atoms with van der Waals surface area (Å²) < 4.78 is 15.8. The van der Waals surface area contributed by atoms with E-state index < -0.39 is 0 Å². The SMILES string of the molecule is COc1ccc(N)c(Oc2ccc(C#N)cc2OC)n1. The largest absolute Gasteiger partial charge is 0.493 e.